The Hall–Kier alpha value is -2.59. The molecule has 0 aliphatic carbocycles. The highest BCUT2D eigenvalue weighted by Gasteiger charge is 2.10. The topological polar surface area (TPSA) is 46.5 Å². The molecule has 0 spiro atoms. The highest BCUT2D eigenvalue weighted by molar-refractivity contribution is 7.12. The lowest BCUT2D eigenvalue weighted by Crippen LogP contribution is -1.90. The van der Waals surface area contributed by atoms with Crippen LogP contribution in [0.1, 0.15) is 9.67 Å². The lowest BCUT2D eigenvalue weighted by atomic mass is 10.1. The molecule has 21 heavy (non-hydrogen) atoms. The summed E-state index contributed by atoms with van der Waals surface area (Å²) >= 11 is 1.15. The van der Waals surface area contributed by atoms with E-state index in [1.54, 1.807) is 5.38 Å². The maximum absolute atomic E-state index is 10.9. The first-order chi connectivity index (χ1) is 10.2. The minimum atomic E-state index is -0.939. The first kappa shape index (κ1) is 13.4. The number of para-hydroxylation sites is 1. The van der Waals surface area contributed by atoms with Crippen LogP contribution in [0.5, 0.6) is 11.5 Å². The van der Waals surface area contributed by atoms with Crippen LogP contribution in [-0.2, 0) is 0 Å². The molecule has 0 amide bonds. The Morgan fingerprint density at radius 3 is 2.43 bits per heavy atom. The summed E-state index contributed by atoms with van der Waals surface area (Å²) in [5, 5.41) is 10.7. The van der Waals surface area contributed by atoms with Gasteiger partial charge in [-0.05, 0) is 11.6 Å². The fourth-order valence-corrected chi connectivity index (χ4v) is 2.67. The van der Waals surface area contributed by atoms with Gasteiger partial charge in [0.05, 0.1) is 0 Å². The van der Waals surface area contributed by atoms with Gasteiger partial charge in [0.2, 0.25) is 0 Å². The molecule has 0 aliphatic rings. The molecule has 1 aromatic heterocycles. The van der Waals surface area contributed by atoms with E-state index in [0.717, 1.165) is 22.5 Å². The fraction of sp³-hybridized carbons (Fsp3) is 0. The van der Waals surface area contributed by atoms with E-state index in [1.165, 1.54) is 6.07 Å². The molecule has 104 valence electrons. The normalized spacial score (nSPS) is 10.3. The summed E-state index contributed by atoms with van der Waals surface area (Å²) in [6.45, 7) is 0. The molecular weight excluding hydrogens is 284 g/mol. The van der Waals surface area contributed by atoms with Gasteiger partial charge in [-0.25, -0.2) is 4.79 Å². The molecule has 1 N–H and O–H groups in total. The zero-order chi connectivity index (χ0) is 14.7. The number of thiophene rings is 1. The van der Waals surface area contributed by atoms with Crippen molar-refractivity contribution in [3.8, 4) is 22.6 Å². The molecule has 2 aromatic carbocycles. The van der Waals surface area contributed by atoms with Crippen LogP contribution in [0.4, 0.5) is 0 Å². The maximum atomic E-state index is 10.9. The number of benzene rings is 2. The van der Waals surface area contributed by atoms with E-state index >= 15 is 0 Å². The van der Waals surface area contributed by atoms with Gasteiger partial charge >= 0.3 is 5.97 Å². The van der Waals surface area contributed by atoms with Gasteiger partial charge in [-0.1, -0.05) is 48.5 Å². The summed E-state index contributed by atoms with van der Waals surface area (Å²) in [4.78, 5) is 11.2. The quantitative estimate of drug-likeness (QED) is 0.744. The molecule has 0 atom stereocenters. The minimum Gasteiger partial charge on any atom is -0.477 e. The second-order valence-electron chi connectivity index (χ2n) is 4.42. The van der Waals surface area contributed by atoms with E-state index in [4.69, 9.17) is 9.84 Å². The van der Waals surface area contributed by atoms with Crippen LogP contribution < -0.4 is 4.74 Å². The van der Waals surface area contributed by atoms with Crippen molar-refractivity contribution < 1.29 is 14.6 Å². The summed E-state index contributed by atoms with van der Waals surface area (Å²) in [6.07, 6.45) is 0. The number of carboxylic acid groups (broad SMARTS) is 1. The number of carboxylic acids is 1. The van der Waals surface area contributed by atoms with Crippen molar-refractivity contribution in [2.24, 2.45) is 0 Å². The predicted octanol–water partition coefficient (Wildman–Crippen LogP) is 4.91. The average Bonchev–Trinajstić information content (AvgIpc) is 2.98. The molecule has 0 saturated heterocycles. The van der Waals surface area contributed by atoms with Gasteiger partial charge in [0, 0.05) is 17.0 Å². The van der Waals surface area contributed by atoms with Crippen molar-refractivity contribution in [2.75, 3.05) is 0 Å². The Morgan fingerprint density at radius 1 is 1.00 bits per heavy atom. The van der Waals surface area contributed by atoms with Crippen molar-refractivity contribution in [3.63, 3.8) is 0 Å². The third-order valence-electron chi connectivity index (χ3n) is 2.99. The number of rotatable bonds is 4. The molecular formula is C17H12O3S. The number of carbonyl (C=O) groups is 1. The molecule has 0 unspecified atom stereocenters. The molecule has 3 rings (SSSR count). The smallest absolute Gasteiger partial charge is 0.346 e. The summed E-state index contributed by atoms with van der Waals surface area (Å²) in [6, 6.07) is 19.2. The van der Waals surface area contributed by atoms with Gasteiger partial charge in [0.25, 0.3) is 0 Å². The van der Waals surface area contributed by atoms with Crippen molar-refractivity contribution in [1.29, 1.82) is 0 Å². The average molecular weight is 296 g/mol. The van der Waals surface area contributed by atoms with Gasteiger partial charge in [-0.2, -0.15) is 0 Å². The Labute approximate surface area is 126 Å². The summed E-state index contributed by atoms with van der Waals surface area (Å²) < 4.78 is 5.84. The van der Waals surface area contributed by atoms with Crippen LogP contribution in [0.25, 0.3) is 11.1 Å². The number of hydrogen-bond donors (Lipinski definition) is 1. The van der Waals surface area contributed by atoms with E-state index in [1.807, 2.05) is 54.6 Å². The van der Waals surface area contributed by atoms with Gasteiger partial charge in [-0.3, -0.25) is 0 Å². The fourth-order valence-electron chi connectivity index (χ4n) is 2.02. The Kier molecular flexibility index (Phi) is 3.71. The Balaban J connectivity index is 1.94. The largest absolute Gasteiger partial charge is 0.477 e. The second-order valence-corrected chi connectivity index (χ2v) is 5.33. The SMILES string of the molecule is O=C(O)c1cc(Oc2ccccc2-c2ccccc2)cs1. The standard InChI is InChI=1S/C17H12O3S/c18-17(19)16-10-13(11-21-16)20-15-9-5-4-8-14(15)12-6-2-1-3-7-12/h1-11H,(H,18,19). The van der Waals surface area contributed by atoms with Gasteiger partial charge < -0.3 is 9.84 Å². The van der Waals surface area contributed by atoms with E-state index in [0.29, 0.717) is 11.5 Å². The Bertz CT molecular complexity index is 762. The molecule has 0 saturated carbocycles. The van der Waals surface area contributed by atoms with E-state index in [-0.39, 0.29) is 4.88 Å². The second kappa shape index (κ2) is 5.81. The van der Waals surface area contributed by atoms with Gasteiger partial charge in [-0.15, -0.1) is 11.3 Å². The Morgan fingerprint density at radius 2 is 1.71 bits per heavy atom. The van der Waals surface area contributed by atoms with Crippen LogP contribution >= 0.6 is 11.3 Å². The third-order valence-corrected chi connectivity index (χ3v) is 3.88. The number of ether oxygens (including phenoxy) is 1. The molecule has 0 aliphatic heterocycles. The molecule has 0 radical (unpaired) electrons. The predicted molar refractivity (Wildman–Crippen MR) is 83.2 cm³/mol. The first-order valence-electron chi connectivity index (χ1n) is 6.38. The lowest BCUT2D eigenvalue weighted by Gasteiger charge is -2.09. The van der Waals surface area contributed by atoms with Crippen molar-refractivity contribution >= 4 is 17.3 Å². The maximum Gasteiger partial charge on any atom is 0.346 e. The van der Waals surface area contributed by atoms with Crippen LogP contribution in [0, 0.1) is 0 Å². The molecule has 3 aromatic rings. The minimum absolute atomic E-state index is 0.266. The molecule has 0 bridgehead atoms. The van der Waals surface area contributed by atoms with Crippen LogP contribution in [-0.4, -0.2) is 11.1 Å². The molecule has 3 nitrogen and oxygen atoms in total. The first-order valence-corrected chi connectivity index (χ1v) is 7.26. The third kappa shape index (κ3) is 2.95. The lowest BCUT2D eigenvalue weighted by molar-refractivity contribution is 0.0702. The highest BCUT2D eigenvalue weighted by Crippen LogP contribution is 2.34. The summed E-state index contributed by atoms with van der Waals surface area (Å²) in [5.41, 5.74) is 2.03. The van der Waals surface area contributed by atoms with Crippen molar-refractivity contribution in [2.45, 2.75) is 0 Å². The van der Waals surface area contributed by atoms with Gasteiger partial charge in [0.15, 0.2) is 0 Å². The zero-order valence-corrected chi connectivity index (χ0v) is 11.8. The molecule has 4 heteroatoms. The van der Waals surface area contributed by atoms with E-state index < -0.39 is 5.97 Å². The van der Waals surface area contributed by atoms with Crippen molar-refractivity contribution in [3.05, 3.63) is 70.9 Å². The molecule has 1 heterocycles. The number of aromatic carboxylic acids is 1. The van der Waals surface area contributed by atoms with E-state index in [9.17, 15) is 4.79 Å². The van der Waals surface area contributed by atoms with Crippen LogP contribution in [0.3, 0.4) is 0 Å². The van der Waals surface area contributed by atoms with E-state index in [2.05, 4.69) is 0 Å². The highest BCUT2D eigenvalue weighted by atomic mass is 32.1. The monoisotopic (exact) mass is 296 g/mol. The zero-order valence-electron chi connectivity index (χ0n) is 11.0. The summed E-state index contributed by atoms with van der Waals surface area (Å²) in [7, 11) is 0. The number of hydrogen-bond acceptors (Lipinski definition) is 3. The molecule has 0 fully saturated rings. The van der Waals surface area contributed by atoms with Crippen LogP contribution in [0.2, 0.25) is 0 Å². The summed E-state index contributed by atoms with van der Waals surface area (Å²) in [5.74, 6) is 0.311. The van der Waals surface area contributed by atoms with Crippen molar-refractivity contribution in [1.82, 2.24) is 0 Å². The van der Waals surface area contributed by atoms with Crippen LogP contribution in [0.15, 0.2) is 66.0 Å². The van der Waals surface area contributed by atoms with Gasteiger partial charge in [0.1, 0.15) is 16.4 Å².